The number of primary amides is 1. The Kier molecular flexibility index (Phi) is 12.6. The number of amides is 1. The van der Waals surface area contributed by atoms with E-state index in [0.717, 1.165) is 43.6 Å². The van der Waals surface area contributed by atoms with Crippen molar-refractivity contribution in [1.29, 1.82) is 0 Å². The van der Waals surface area contributed by atoms with Gasteiger partial charge in [-0.3, -0.25) is 19.2 Å². The molecule has 4 heterocycles. The van der Waals surface area contributed by atoms with E-state index < -0.39 is 0 Å². The predicted molar refractivity (Wildman–Crippen MR) is 193 cm³/mol. The first-order chi connectivity index (χ1) is 23.1. The zero-order chi connectivity index (χ0) is 34.6. The molecule has 1 unspecified atom stereocenters. The third kappa shape index (κ3) is 9.59. The van der Waals surface area contributed by atoms with Crippen LogP contribution in [-0.2, 0) is 11.3 Å². The molecule has 0 spiro atoms. The fraction of sp³-hybridized carbons (Fsp3) is 0.289. The largest absolute Gasteiger partial charge is 0.382 e. The van der Waals surface area contributed by atoms with Crippen molar-refractivity contribution < 1.29 is 9.59 Å². The number of nitrogens with two attached hydrogens (primary N) is 2. The van der Waals surface area contributed by atoms with Gasteiger partial charge in [-0.1, -0.05) is 78.9 Å². The van der Waals surface area contributed by atoms with E-state index in [1.54, 1.807) is 16.7 Å². The zero-order valence-corrected chi connectivity index (χ0v) is 28.3. The fourth-order valence-corrected chi connectivity index (χ4v) is 5.50. The molecule has 3 aromatic heterocycles. The maximum atomic E-state index is 13.1. The van der Waals surface area contributed by atoms with Gasteiger partial charge in [0.1, 0.15) is 17.5 Å². The summed E-state index contributed by atoms with van der Waals surface area (Å²) in [7, 11) is 0. The van der Waals surface area contributed by atoms with Crippen LogP contribution in [0.25, 0.3) is 11.6 Å². The summed E-state index contributed by atoms with van der Waals surface area (Å²) in [5.41, 5.74) is 18.7. The Balaban J connectivity index is 0.000000226. The monoisotopic (exact) mass is 646 g/mol. The molecular formula is C38H46N8O2. The third-order valence-electron chi connectivity index (χ3n) is 8.19. The van der Waals surface area contributed by atoms with Gasteiger partial charge in [0.15, 0.2) is 5.82 Å². The second kappa shape index (κ2) is 17.0. The second-order valence-corrected chi connectivity index (χ2v) is 12.1. The number of hydrogen-bond donors (Lipinski definition) is 2. The molecule has 10 heteroatoms. The maximum absolute atomic E-state index is 13.1. The molecule has 1 aliphatic rings. The van der Waals surface area contributed by atoms with Crippen molar-refractivity contribution in [2.24, 2.45) is 5.73 Å². The molecular weight excluding hydrogens is 600 g/mol. The molecule has 48 heavy (non-hydrogen) atoms. The first-order valence-corrected chi connectivity index (χ1v) is 16.1. The van der Waals surface area contributed by atoms with Crippen molar-refractivity contribution in [3.8, 4) is 0 Å². The Hall–Kier alpha value is -5.35. The van der Waals surface area contributed by atoms with Crippen LogP contribution in [0, 0.1) is 6.92 Å². The third-order valence-corrected chi connectivity index (χ3v) is 8.19. The van der Waals surface area contributed by atoms with Gasteiger partial charge in [0.05, 0.1) is 19.3 Å². The molecule has 0 saturated carbocycles. The number of carbonyl (C=O) groups excluding carboxylic acids is 2. The summed E-state index contributed by atoms with van der Waals surface area (Å²) in [6.07, 6.45) is 11.1. The fourth-order valence-electron chi connectivity index (χ4n) is 5.50. The van der Waals surface area contributed by atoms with Crippen molar-refractivity contribution in [1.82, 2.24) is 29.3 Å². The van der Waals surface area contributed by atoms with Crippen LogP contribution in [0.15, 0.2) is 97.6 Å². The van der Waals surface area contributed by atoms with Crippen LogP contribution in [0.2, 0.25) is 0 Å². The highest BCUT2D eigenvalue weighted by Crippen LogP contribution is 2.28. The molecule has 0 aliphatic carbocycles. The summed E-state index contributed by atoms with van der Waals surface area (Å²) in [6, 6.07) is 19.8. The molecule has 1 saturated heterocycles. The van der Waals surface area contributed by atoms with E-state index >= 15 is 0 Å². The summed E-state index contributed by atoms with van der Waals surface area (Å²) in [6.45, 7) is 14.6. The molecule has 4 N–H and O–H groups in total. The number of nitrogens with zero attached hydrogens (tertiary/aromatic N) is 6. The minimum Gasteiger partial charge on any atom is -0.382 e. The van der Waals surface area contributed by atoms with Crippen LogP contribution in [0.3, 0.4) is 0 Å². The number of anilines is 1. The Morgan fingerprint density at radius 2 is 1.77 bits per heavy atom. The molecule has 250 valence electrons. The molecule has 6 rings (SSSR count). The molecule has 0 radical (unpaired) electrons. The molecule has 2 aromatic carbocycles. The number of carbonyl (C=O) groups is 2. The van der Waals surface area contributed by atoms with Gasteiger partial charge < -0.3 is 11.5 Å². The number of aromatic nitrogens is 5. The van der Waals surface area contributed by atoms with Gasteiger partial charge in [0, 0.05) is 23.9 Å². The first kappa shape index (κ1) is 35.5. The van der Waals surface area contributed by atoms with E-state index in [-0.39, 0.29) is 11.7 Å². The summed E-state index contributed by atoms with van der Waals surface area (Å²) >= 11 is 0. The minimum absolute atomic E-state index is 0.114. The second-order valence-electron chi connectivity index (χ2n) is 12.1. The van der Waals surface area contributed by atoms with E-state index in [9.17, 15) is 9.59 Å². The molecule has 1 amide bonds. The zero-order valence-electron chi connectivity index (χ0n) is 28.3. The van der Waals surface area contributed by atoms with Crippen molar-refractivity contribution in [3.63, 3.8) is 0 Å². The summed E-state index contributed by atoms with van der Waals surface area (Å²) in [5, 5.41) is 8.42. The Morgan fingerprint density at radius 3 is 2.40 bits per heavy atom. The number of hydrogen-bond acceptors (Lipinski definition) is 7. The number of rotatable bonds is 8. The van der Waals surface area contributed by atoms with Gasteiger partial charge in [-0.15, -0.1) is 0 Å². The van der Waals surface area contributed by atoms with Crippen LogP contribution >= 0.6 is 0 Å². The van der Waals surface area contributed by atoms with Gasteiger partial charge in [0.25, 0.3) is 0 Å². The summed E-state index contributed by atoms with van der Waals surface area (Å²) in [5.74, 6) is 0.267. The standard InChI is InChI=1S/C21H24N6O2.C12H12N2.C5H10/c1-13-9-17(27-19(13)21(23)24-12-25-27)20(29)15-6-4-14(5-7-15)16-3-2-8-26(10-16)11-18(22)28;1-2-11-8-13-14(9-11)10-12-6-4-3-5-7-12;1-4-5(2)3/h4-7,9,12,16H,2-3,8,10-11H2,1H3,(H2,22,28)(H2,23,24,25);2-9H,1,10H2;4H,1-3H3. The first-order valence-electron chi connectivity index (χ1n) is 16.1. The van der Waals surface area contributed by atoms with Gasteiger partial charge in [0.2, 0.25) is 11.7 Å². The Labute approximate surface area is 282 Å². The number of aryl methyl sites for hydroxylation is 1. The molecule has 1 fully saturated rings. The minimum atomic E-state index is -0.300. The molecule has 0 bridgehead atoms. The highest BCUT2D eigenvalue weighted by molar-refractivity contribution is 6.09. The van der Waals surface area contributed by atoms with Gasteiger partial charge in [-0.2, -0.15) is 10.2 Å². The van der Waals surface area contributed by atoms with E-state index in [2.05, 4.69) is 58.7 Å². The molecule has 1 atom stereocenters. The normalized spacial score (nSPS) is 14.2. The van der Waals surface area contributed by atoms with Crippen molar-refractivity contribution in [2.45, 2.75) is 53.0 Å². The molecule has 5 aromatic rings. The quantitative estimate of drug-likeness (QED) is 0.154. The average Bonchev–Trinajstić information content (AvgIpc) is 3.69. The lowest BCUT2D eigenvalue weighted by molar-refractivity contribution is -0.119. The van der Waals surface area contributed by atoms with Crippen LogP contribution in [0.4, 0.5) is 5.82 Å². The van der Waals surface area contributed by atoms with Crippen LogP contribution in [0.5, 0.6) is 0 Å². The number of piperidine rings is 1. The van der Waals surface area contributed by atoms with Gasteiger partial charge >= 0.3 is 0 Å². The van der Waals surface area contributed by atoms with Crippen molar-refractivity contribution in [3.05, 3.63) is 131 Å². The van der Waals surface area contributed by atoms with E-state index in [4.69, 9.17) is 11.5 Å². The van der Waals surface area contributed by atoms with Crippen LogP contribution < -0.4 is 11.5 Å². The topological polar surface area (TPSA) is 137 Å². The summed E-state index contributed by atoms with van der Waals surface area (Å²) < 4.78 is 3.46. The van der Waals surface area contributed by atoms with Gasteiger partial charge in [-0.05, 0) is 75.8 Å². The van der Waals surface area contributed by atoms with E-state index in [1.165, 1.54) is 23.0 Å². The molecule has 1 aliphatic heterocycles. The number of fused-ring (bicyclic) bond motifs is 1. The number of nitrogen functional groups attached to an aromatic ring is 1. The Morgan fingerprint density at radius 1 is 1.06 bits per heavy atom. The number of benzene rings is 2. The SMILES string of the molecule is C=Cc1cnn(Cc2ccccc2)c1.CC=C(C)C.Cc1cc(C(=O)c2ccc(C3CCCN(CC(N)=O)C3)cc2)n2ncnc(N)c12. The van der Waals surface area contributed by atoms with E-state index in [0.29, 0.717) is 35.1 Å². The highest BCUT2D eigenvalue weighted by Gasteiger charge is 2.23. The lowest BCUT2D eigenvalue weighted by Crippen LogP contribution is -2.40. The lowest BCUT2D eigenvalue weighted by atomic mass is 9.89. The number of allylic oxidation sites excluding steroid dienone is 2. The van der Waals surface area contributed by atoms with Gasteiger partial charge in [-0.25, -0.2) is 9.50 Å². The van der Waals surface area contributed by atoms with E-state index in [1.807, 2.05) is 73.4 Å². The predicted octanol–water partition coefficient (Wildman–Crippen LogP) is 6.06. The van der Waals surface area contributed by atoms with Crippen molar-refractivity contribution >= 4 is 29.1 Å². The van der Waals surface area contributed by atoms with Crippen LogP contribution in [-0.4, -0.2) is 60.6 Å². The average molecular weight is 647 g/mol. The van der Waals surface area contributed by atoms with Crippen LogP contribution in [0.1, 0.15) is 77.8 Å². The van der Waals surface area contributed by atoms with Crippen molar-refractivity contribution in [2.75, 3.05) is 25.4 Å². The smallest absolute Gasteiger partial charge is 0.231 e. The number of likely N-dealkylation sites (tertiary alicyclic amines) is 1. The lowest BCUT2D eigenvalue weighted by Gasteiger charge is -2.32. The Bertz CT molecular complexity index is 1850. The maximum Gasteiger partial charge on any atom is 0.231 e. The molecule has 10 nitrogen and oxygen atoms in total. The number of ketones is 1. The summed E-state index contributed by atoms with van der Waals surface area (Å²) in [4.78, 5) is 30.4. The highest BCUT2D eigenvalue weighted by atomic mass is 16.1.